The average Bonchev–Trinajstić information content (AvgIpc) is 2.63. The first kappa shape index (κ1) is 18.7. The molecule has 1 amide bonds. The standard InChI is InChI=1S/C21H25NO3/c1-3-19(17-9-5-4-6-10-17)21(25)22(2)18-14-12-16(13-15-18)8-7-11-20(23)24/h4-6,9-10,12-15,19H,3,7-8,11H2,1-2H3,(H,23,24). The average molecular weight is 339 g/mol. The van der Waals surface area contributed by atoms with Crippen molar-refractivity contribution in [3.63, 3.8) is 0 Å². The van der Waals surface area contributed by atoms with Gasteiger partial charge >= 0.3 is 5.97 Å². The number of hydrogen-bond acceptors (Lipinski definition) is 2. The Kier molecular flexibility index (Phi) is 6.75. The Bertz CT molecular complexity index is 695. The molecule has 0 heterocycles. The highest BCUT2D eigenvalue weighted by Gasteiger charge is 2.22. The summed E-state index contributed by atoms with van der Waals surface area (Å²) in [7, 11) is 1.80. The van der Waals surface area contributed by atoms with E-state index in [4.69, 9.17) is 5.11 Å². The van der Waals surface area contributed by atoms with E-state index in [0.717, 1.165) is 29.7 Å². The largest absolute Gasteiger partial charge is 0.481 e. The van der Waals surface area contributed by atoms with Crippen molar-refractivity contribution >= 4 is 17.6 Å². The molecule has 0 aliphatic carbocycles. The Hall–Kier alpha value is -2.62. The van der Waals surface area contributed by atoms with Crippen LogP contribution in [-0.2, 0) is 16.0 Å². The Morgan fingerprint density at radius 1 is 1.04 bits per heavy atom. The summed E-state index contributed by atoms with van der Waals surface area (Å²) in [6, 6.07) is 17.6. The molecule has 2 rings (SSSR count). The van der Waals surface area contributed by atoms with Crippen LogP contribution in [0.3, 0.4) is 0 Å². The number of aryl methyl sites for hydroxylation is 1. The molecule has 0 radical (unpaired) electrons. The number of benzene rings is 2. The van der Waals surface area contributed by atoms with Crippen LogP contribution in [-0.4, -0.2) is 24.0 Å². The molecule has 0 aromatic heterocycles. The van der Waals surface area contributed by atoms with Gasteiger partial charge in [-0.15, -0.1) is 0 Å². The molecule has 1 unspecified atom stereocenters. The molecule has 4 nitrogen and oxygen atoms in total. The highest BCUT2D eigenvalue weighted by molar-refractivity contribution is 5.97. The fourth-order valence-electron chi connectivity index (χ4n) is 2.93. The molecule has 0 saturated carbocycles. The zero-order chi connectivity index (χ0) is 18.2. The second-order valence-corrected chi connectivity index (χ2v) is 6.18. The number of carbonyl (C=O) groups is 2. The SMILES string of the molecule is CCC(C(=O)N(C)c1ccc(CCCC(=O)O)cc1)c1ccccc1. The van der Waals surface area contributed by atoms with Crippen molar-refractivity contribution in [2.45, 2.75) is 38.5 Å². The number of rotatable bonds is 8. The maximum Gasteiger partial charge on any atom is 0.303 e. The van der Waals surface area contributed by atoms with Crippen molar-refractivity contribution in [3.8, 4) is 0 Å². The fraction of sp³-hybridized carbons (Fsp3) is 0.333. The maximum atomic E-state index is 12.9. The number of likely N-dealkylation sites (N-methyl/N-ethyl adjacent to an activating group) is 1. The summed E-state index contributed by atoms with van der Waals surface area (Å²) in [6.07, 6.45) is 2.27. The minimum absolute atomic E-state index is 0.0762. The van der Waals surface area contributed by atoms with E-state index >= 15 is 0 Å². The van der Waals surface area contributed by atoms with Crippen LogP contribution in [0.25, 0.3) is 0 Å². The predicted molar refractivity (Wildman–Crippen MR) is 99.9 cm³/mol. The minimum atomic E-state index is -0.770. The quantitative estimate of drug-likeness (QED) is 0.782. The first-order chi connectivity index (χ1) is 12.0. The van der Waals surface area contributed by atoms with Gasteiger partial charge < -0.3 is 10.0 Å². The van der Waals surface area contributed by atoms with Gasteiger partial charge in [-0.3, -0.25) is 9.59 Å². The summed E-state index contributed by atoms with van der Waals surface area (Å²) in [5.74, 6) is -0.845. The lowest BCUT2D eigenvalue weighted by molar-refractivity contribution is -0.137. The molecular weight excluding hydrogens is 314 g/mol. The van der Waals surface area contributed by atoms with Crippen molar-refractivity contribution in [2.24, 2.45) is 0 Å². The number of carboxylic acids is 1. The van der Waals surface area contributed by atoms with Gasteiger partial charge in [0.1, 0.15) is 0 Å². The number of amides is 1. The van der Waals surface area contributed by atoms with Crippen LogP contribution in [0, 0.1) is 0 Å². The molecule has 25 heavy (non-hydrogen) atoms. The molecule has 0 fully saturated rings. The Morgan fingerprint density at radius 3 is 2.24 bits per heavy atom. The van der Waals surface area contributed by atoms with E-state index in [1.165, 1.54) is 0 Å². The van der Waals surface area contributed by atoms with Gasteiger partial charge in [-0.2, -0.15) is 0 Å². The molecule has 0 aliphatic rings. The summed E-state index contributed by atoms with van der Waals surface area (Å²) >= 11 is 0. The van der Waals surface area contributed by atoms with Gasteiger partial charge in [0.05, 0.1) is 5.92 Å². The summed E-state index contributed by atoms with van der Waals surface area (Å²) in [4.78, 5) is 25.1. The van der Waals surface area contributed by atoms with Crippen molar-refractivity contribution in [3.05, 3.63) is 65.7 Å². The topological polar surface area (TPSA) is 57.6 Å². The molecule has 4 heteroatoms. The number of anilines is 1. The zero-order valence-corrected chi connectivity index (χ0v) is 14.8. The van der Waals surface area contributed by atoms with Crippen LogP contribution in [0.1, 0.15) is 43.2 Å². The van der Waals surface area contributed by atoms with E-state index in [-0.39, 0.29) is 18.2 Å². The Balaban J connectivity index is 2.04. The van der Waals surface area contributed by atoms with E-state index in [2.05, 4.69) is 0 Å². The van der Waals surface area contributed by atoms with Crippen LogP contribution in [0.2, 0.25) is 0 Å². The van der Waals surface area contributed by atoms with Gasteiger partial charge in [0, 0.05) is 19.2 Å². The van der Waals surface area contributed by atoms with E-state index < -0.39 is 5.97 Å². The van der Waals surface area contributed by atoms with Gasteiger partial charge in [-0.25, -0.2) is 0 Å². The number of aliphatic carboxylic acids is 1. The van der Waals surface area contributed by atoms with Crippen LogP contribution >= 0.6 is 0 Å². The third-order valence-corrected chi connectivity index (χ3v) is 4.42. The summed E-state index contributed by atoms with van der Waals surface area (Å²) in [5.41, 5.74) is 2.97. The van der Waals surface area contributed by atoms with E-state index in [0.29, 0.717) is 6.42 Å². The van der Waals surface area contributed by atoms with E-state index in [1.54, 1.807) is 11.9 Å². The number of nitrogens with zero attached hydrogens (tertiary/aromatic N) is 1. The molecule has 0 spiro atoms. The first-order valence-corrected chi connectivity index (χ1v) is 8.66. The fourth-order valence-corrected chi connectivity index (χ4v) is 2.93. The third kappa shape index (κ3) is 5.18. The van der Waals surface area contributed by atoms with E-state index in [9.17, 15) is 9.59 Å². The first-order valence-electron chi connectivity index (χ1n) is 8.66. The van der Waals surface area contributed by atoms with Gasteiger partial charge in [0.2, 0.25) is 5.91 Å². The second-order valence-electron chi connectivity index (χ2n) is 6.18. The Morgan fingerprint density at radius 2 is 1.68 bits per heavy atom. The van der Waals surface area contributed by atoms with Gasteiger partial charge in [-0.05, 0) is 42.5 Å². The molecule has 2 aromatic carbocycles. The number of carboxylic acid groups (broad SMARTS) is 1. The molecule has 0 aliphatic heterocycles. The molecule has 0 saturated heterocycles. The van der Waals surface area contributed by atoms with Gasteiger partial charge in [0.25, 0.3) is 0 Å². The molecular formula is C21H25NO3. The summed E-state index contributed by atoms with van der Waals surface area (Å²) in [6.45, 7) is 2.02. The Labute approximate surface area is 149 Å². The lowest BCUT2D eigenvalue weighted by Gasteiger charge is -2.23. The van der Waals surface area contributed by atoms with Gasteiger partial charge in [-0.1, -0.05) is 49.4 Å². The highest BCUT2D eigenvalue weighted by Crippen LogP contribution is 2.25. The summed E-state index contributed by atoms with van der Waals surface area (Å²) in [5, 5.41) is 8.69. The van der Waals surface area contributed by atoms with Gasteiger partial charge in [0.15, 0.2) is 0 Å². The highest BCUT2D eigenvalue weighted by atomic mass is 16.4. The molecule has 132 valence electrons. The molecule has 2 aromatic rings. The van der Waals surface area contributed by atoms with Crippen LogP contribution in [0.15, 0.2) is 54.6 Å². The number of hydrogen-bond donors (Lipinski definition) is 1. The number of carbonyl (C=O) groups excluding carboxylic acids is 1. The zero-order valence-electron chi connectivity index (χ0n) is 14.8. The van der Waals surface area contributed by atoms with Crippen LogP contribution < -0.4 is 4.90 Å². The van der Waals surface area contributed by atoms with Crippen molar-refractivity contribution in [2.75, 3.05) is 11.9 Å². The minimum Gasteiger partial charge on any atom is -0.481 e. The van der Waals surface area contributed by atoms with Crippen molar-refractivity contribution < 1.29 is 14.7 Å². The summed E-state index contributed by atoms with van der Waals surface area (Å²) < 4.78 is 0. The monoisotopic (exact) mass is 339 g/mol. The molecule has 1 atom stereocenters. The van der Waals surface area contributed by atoms with Crippen LogP contribution in [0.5, 0.6) is 0 Å². The smallest absolute Gasteiger partial charge is 0.303 e. The van der Waals surface area contributed by atoms with Crippen molar-refractivity contribution in [1.29, 1.82) is 0 Å². The normalized spacial score (nSPS) is 11.8. The third-order valence-electron chi connectivity index (χ3n) is 4.42. The molecule has 0 bridgehead atoms. The molecule has 1 N–H and O–H groups in total. The van der Waals surface area contributed by atoms with Crippen molar-refractivity contribution in [1.82, 2.24) is 0 Å². The second kappa shape index (κ2) is 9.02. The lowest BCUT2D eigenvalue weighted by atomic mass is 9.95. The predicted octanol–water partition coefficient (Wildman–Crippen LogP) is 4.25. The lowest BCUT2D eigenvalue weighted by Crippen LogP contribution is -2.31. The van der Waals surface area contributed by atoms with Crippen LogP contribution in [0.4, 0.5) is 5.69 Å². The van der Waals surface area contributed by atoms with E-state index in [1.807, 2.05) is 61.5 Å². The maximum absolute atomic E-state index is 12.9.